The molecule has 5 nitrogen and oxygen atoms in total. The maximum atomic E-state index is 12.0. The number of nitrogens with zero attached hydrogens (tertiary/aromatic N) is 1. The van der Waals surface area contributed by atoms with Crippen LogP contribution in [0.25, 0.3) is 0 Å². The zero-order valence-corrected chi connectivity index (χ0v) is 10.8. The third kappa shape index (κ3) is 4.86. The van der Waals surface area contributed by atoms with Crippen molar-refractivity contribution in [3.63, 3.8) is 0 Å². The number of alkyl halides is 3. The minimum atomic E-state index is -5.13. The Morgan fingerprint density at radius 2 is 2.11 bits per heavy atom. The summed E-state index contributed by atoms with van der Waals surface area (Å²) >= 11 is 3.12. The predicted octanol–water partition coefficient (Wildman–Crippen LogP) is 1.52. The second kappa shape index (κ2) is 6.00. The number of aromatic nitrogens is 1. The van der Waals surface area contributed by atoms with Gasteiger partial charge in [0, 0.05) is 22.8 Å². The first kappa shape index (κ1) is 15.4. The molecule has 0 radical (unpaired) electrons. The molecular weight excluding hydrogens is 333 g/mol. The summed E-state index contributed by atoms with van der Waals surface area (Å²) < 4.78 is 36.7. The van der Waals surface area contributed by atoms with Gasteiger partial charge in [-0.2, -0.15) is 13.2 Å². The molecule has 1 amide bonds. The number of carbonyl (C=O) groups is 2. The summed E-state index contributed by atoms with van der Waals surface area (Å²) in [6.07, 6.45) is -4.11. The molecule has 0 aliphatic heterocycles. The van der Waals surface area contributed by atoms with Crippen molar-refractivity contribution in [3.8, 4) is 0 Å². The monoisotopic (exact) mass is 340 g/mol. The topological polar surface area (TPSA) is 79.3 Å². The van der Waals surface area contributed by atoms with Gasteiger partial charge in [-0.3, -0.25) is 9.78 Å². The lowest BCUT2D eigenvalue weighted by molar-refractivity contribution is -0.175. The van der Waals surface area contributed by atoms with Gasteiger partial charge in [-0.15, -0.1) is 0 Å². The van der Waals surface area contributed by atoms with Crippen LogP contribution in [0.1, 0.15) is 5.69 Å². The van der Waals surface area contributed by atoms with Crippen molar-refractivity contribution in [1.82, 2.24) is 10.3 Å². The summed E-state index contributed by atoms with van der Waals surface area (Å²) in [4.78, 5) is 25.3. The van der Waals surface area contributed by atoms with Crippen LogP contribution in [0.4, 0.5) is 13.2 Å². The molecule has 19 heavy (non-hydrogen) atoms. The van der Waals surface area contributed by atoms with E-state index in [0.29, 0.717) is 4.47 Å². The quantitative estimate of drug-likeness (QED) is 0.870. The molecule has 1 atom stereocenters. The standard InChI is InChI=1S/C10H8BrF3N2O3/c11-5-1-2-15-6(3-5)4-7(8(17)18)16-9(19)10(12,13)14/h1-3,7H,4H2,(H,16,19)(H,17,18)/t7-/m0/s1. The van der Waals surface area contributed by atoms with Gasteiger partial charge in [0.15, 0.2) is 0 Å². The van der Waals surface area contributed by atoms with E-state index < -0.39 is 24.1 Å². The highest BCUT2D eigenvalue weighted by Gasteiger charge is 2.40. The number of carboxylic acid groups (broad SMARTS) is 1. The van der Waals surface area contributed by atoms with Crippen LogP contribution in [0.2, 0.25) is 0 Å². The van der Waals surface area contributed by atoms with Gasteiger partial charge in [-0.25, -0.2) is 4.79 Å². The van der Waals surface area contributed by atoms with Gasteiger partial charge in [-0.1, -0.05) is 15.9 Å². The molecule has 0 saturated carbocycles. The van der Waals surface area contributed by atoms with Crippen LogP contribution >= 0.6 is 15.9 Å². The number of pyridine rings is 1. The highest BCUT2D eigenvalue weighted by atomic mass is 79.9. The number of halogens is 4. The predicted molar refractivity (Wildman–Crippen MR) is 61.3 cm³/mol. The van der Waals surface area contributed by atoms with E-state index in [4.69, 9.17) is 5.11 Å². The van der Waals surface area contributed by atoms with E-state index in [1.54, 1.807) is 6.07 Å². The van der Waals surface area contributed by atoms with E-state index >= 15 is 0 Å². The molecule has 0 bridgehead atoms. The molecular formula is C10H8BrF3N2O3. The lowest BCUT2D eigenvalue weighted by Crippen LogP contribution is -2.48. The average molecular weight is 341 g/mol. The molecule has 1 aromatic rings. The van der Waals surface area contributed by atoms with Gasteiger partial charge in [0.2, 0.25) is 0 Å². The molecule has 0 saturated heterocycles. The minimum Gasteiger partial charge on any atom is -0.480 e. The Bertz CT molecular complexity index is 493. The molecule has 0 fully saturated rings. The van der Waals surface area contributed by atoms with E-state index in [9.17, 15) is 22.8 Å². The summed E-state index contributed by atoms with van der Waals surface area (Å²) in [7, 11) is 0. The fourth-order valence-electron chi connectivity index (χ4n) is 1.21. The van der Waals surface area contributed by atoms with Crippen LogP contribution in [0, 0.1) is 0 Å². The summed E-state index contributed by atoms with van der Waals surface area (Å²) in [6.45, 7) is 0. The Morgan fingerprint density at radius 1 is 1.47 bits per heavy atom. The normalized spacial score (nSPS) is 12.8. The first-order valence-electron chi connectivity index (χ1n) is 4.91. The molecule has 104 valence electrons. The van der Waals surface area contributed by atoms with Gasteiger partial charge in [0.25, 0.3) is 0 Å². The Morgan fingerprint density at radius 3 is 2.58 bits per heavy atom. The number of hydrogen-bond donors (Lipinski definition) is 2. The third-order valence-corrected chi connectivity index (χ3v) is 2.55. The zero-order chi connectivity index (χ0) is 14.6. The number of amides is 1. The first-order valence-corrected chi connectivity index (χ1v) is 5.70. The highest BCUT2D eigenvalue weighted by Crippen LogP contribution is 2.15. The maximum absolute atomic E-state index is 12.0. The first-order chi connectivity index (χ1) is 8.70. The van der Waals surface area contributed by atoms with Crippen molar-refractivity contribution in [2.75, 3.05) is 0 Å². The van der Waals surface area contributed by atoms with Crippen LogP contribution in [-0.4, -0.2) is 34.2 Å². The second-order valence-corrected chi connectivity index (χ2v) is 4.45. The van der Waals surface area contributed by atoms with Gasteiger partial charge < -0.3 is 10.4 Å². The van der Waals surface area contributed by atoms with Crippen LogP contribution in [0.3, 0.4) is 0 Å². The van der Waals surface area contributed by atoms with Crippen LogP contribution in [-0.2, 0) is 16.0 Å². The lowest BCUT2D eigenvalue weighted by Gasteiger charge is -2.15. The fourth-order valence-corrected chi connectivity index (χ4v) is 1.59. The summed E-state index contributed by atoms with van der Waals surface area (Å²) in [5.41, 5.74) is 0.240. The van der Waals surface area contributed by atoms with E-state index in [2.05, 4.69) is 20.9 Å². The smallest absolute Gasteiger partial charge is 0.471 e. The SMILES string of the molecule is O=C(O)[C@H](Cc1cc(Br)ccn1)NC(=O)C(F)(F)F. The van der Waals surface area contributed by atoms with Crippen LogP contribution in [0.15, 0.2) is 22.8 Å². The van der Waals surface area contributed by atoms with E-state index in [1.807, 2.05) is 0 Å². The summed E-state index contributed by atoms with van der Waals surface area (Å²) in [5, 5.41) is 10.2. The number of hydrogen-bond acceptors (Lipinski definition) is 3. The van der Waals surface area contributed by atoms with Gasteiger partial charge in [0.05, 0.1) is 0 Å². The van der Waals surface area contributed by atoms with Crippen molar-refractivity contribution in [2.24, 2.45) is 0 Å². The summed E-state index contributed by atoms with van der Waals surface area (Å²) in [6, 6.07) is 1.33. The number of carboxylic acids is 1. The minimum absolute atomic E-state index is 0.240. The average Bonchev–Trinajstić information content (AvgIpc) is 2.26. The molecule has 9 heteroatoms. The molecule has 0 aromatic carbocycles. The Labute approximate surface area is 114 Å². The van der Waals surface area contributed by atoms with Crippen molar-refractivity contribution >= 4 is 27.8 Å². The molecule has 2 N–H and O–H groups in total. The van der Waals surface area contributed by atoms with Crippen molar-refractivity contribution < 1.29 is 27.9 Å². The number of rotatable bonds is 4. The van der Waals surface area contributed by atoms with Crippen molar-refractivity contribution in [2.45, 2.75) is 18.6 Å². The molecule has 1 rings (SSSR count). The number of carbonyl (C=O) groups excluding carboxylic acids is 1. The zero-order valence-electron chi connectivity index (χ0n) is 9.24. The molecule has 1 aromatic heterocycles. The van der Waals surface area contributed by atoms with Crippen molar-refractivity contribution in [3.05, 3.63) is 28.5 Å². The molecule has 1 heterocycles. The molecule has 0 aliphatic rings. The Kier molecular flexibility index (Phi) is 4.87. The van der Waals surface area contributed by atoms with E-state index in [-0.39, 0.29) is 12.1 Å². The van der Waals surface area contributed by atoms with Crippen LogP contribution < -0.4 is 5.32 Å². The number of nitrogens with one attached hydrogen (secondary N) is 1. The van der Waals surface area contributed by atoms with Gasteiger partial charge in [-0.05, 0) is 12.1 Å². The number of aliphatic carboxylic acids is 1. The lowest BCUT2D eigenvalue weighted by atomic mass is 10.1. The van der Waals surface area contributed by atoms with Gasteiger partial charge >= 0.3 is 18.1 Å². The molecule has 0 spiro atoms. The second-order valence-electron chi connectivity index (χ2n) is 3.53. The molecule has 0 unspecified atom stereocenters. The Hall–Kier alpha value is -1.64. The van der Waals surface area contributed by atoms with E-state index in [1.165, 1.54) is 17.6 Å². The van der Waals surface area contributed by atoms with Crippen molar-refractivity contribution in [1.29, 1.82) is 0 Å². The molecule has 0 aliphatic carbocycles. The highest BCUT2D eigenvalue weighted by molar-refractivity contribution is 9.10. The third-order valence-electron chi connectivity index (χ3n) is 2.05. The summed E-state index contributed by atoms with van der Waals surface area (Å²) in [5.74, 6) is -3.87. The maximum Gasteiger partial charge on any atom is 0.471 e. The van der Waals surface area contributed by atoms with Crippen LogP contribution in [0.5, 0.6) is 0 Å². The fraction of sp³-hybridized carbons (Fsp3) is 0.300. The largest absolute Gasteiger partial charge is 0.480 e. The van der Waals surface area contributed by atoms with E-state index in [0.717, 1.165) is 0 Å². The van der Waals surface area contributed by atoms with Gasteiger partial charge in [0.1, 0.15) is 6.04 Å². The Balaban J connectivity index is 2.80.